The van der Waals surface area contributed by atoms with Crippen LogP contribution in [0.2, 0.25) is 0 Å². The summed E-state index contributed by atoms with van der Waals surface area (Å²) in [7, 11) is 0. The van der Waals surface area contributed by atoms with Crippen LogP contribution in [0.4, 0.5) is 0 Å². The average Bonchev–Trinajstić information content (AvgIpc) is 3.24. The molecule has 0 bridgehead atoms. The third-order valence-corrected chi connectivity index (χ3v) is 5.18. The van der Waals surface area contributed by atoms with Crippen LogP contribution in [0.25, 0.3) is 11.1 Å². The Morgan fingerprint density at radius 3 is 2.78 bits per heavy atom. The SMILES string of the molecule is Cc1nc(C2(NC(=O)CCn3c(=O)oc4ccccc43)CCCCC2)no1. The van der Waals surface area contributed by atoms with Crippen molar-refractivity contribution >= 4 is 17.0 Å². The quantitative estimate of drug-likeness (QED) is 0.740. The summed E-state index contributed by atoms with van der Waals surface area (Å²) in [5, 5.41) is 7.18. The number of aryl methyl sites for hydroxylation is 2. The van der Waals surface area contributed by atoms with Crippen LogP contribution in [-0.4, -0.2) is 20.6 Å². The molecule has 0 radical (unpaired) electrons. The summed E-state index contributed by atoms with van der Waals surface area (Å²) in [5.41, 5.74) is 0.627. The van der Waals surface area contributed by atoms with Crippen LogP contribution in [-0.2, 0) is 16.9 Å². The van der Waals surface area contributed by atoms with E-state index in [-0.39, 0.29) is 18.9 Å². The molecule has 27 heavy (non-hydrogen) atoms. The Morgan fingerprint density at radius 2 is 2.04 bits per heavy atom. The van der Waals surface area contributed by atoms with Gasteiger partial charge in [0.15, 0.2) is 11.4 Å². The van der Waals surface area contributed by atoms with Crippen molar-refractivity contribution < 1.29 is 13.7 Å². The number of para-hydroxylation sites is 2. The number of hydrogen-bond donors (Lipinski definition) is 1. The monoisotopic (exact) mass is 370 g/mol. The molecule has 3 aromatic rings. The van der Waals surface area contributed by atoms with Crippen molar-refractivity contribution in [1.82, 2.24) is 20.0 Å². The van der Waals surface area contributed by atoms with Crippen LogP contribution < -0.4 is 11.1 Å². The second-order valence-corrected chi connectivity index (χ2v) is 7.07. The highest BCUT2D eigenvalue weighted by Gasteiger charge is 2.39. The van der Waals surface area contributed by atoms with Gasteiger partial charge >= 0.3 is 5.76 Å². The lowest BCUT2D eigenvalue weighted by Gasteiger charge is -2.35. The number of hydrogen-bond acceptors (Lipinski definition) is 6. The molecule has 1 aliphatic rings. The minimum atomic E-state index is -0.587. The molecule has 1 aromatic carbocycles. The maximum absolute atomic E-state index is 12.7. The van der Waals surface area contributed by atoms with Crippen molar-refractivity contribution in [3.63, 3.8) is 0 Å². The molecule has 0 spiro atoms. The summed E-state index contributed by atoms with van der Waals surface area (Å²) in [6.45, 7) is 1.99. The molecule has 2 heterocycles. The highest BCUT2D eigenvalue weighted by Crippen LogP contribution is 2.35. The first-order valence-corrected chi connectivity index (χ1v) is 9.28. The lowest BCUT2D eigenvalue weighted by Crippen LogP contribution is -2.48. The molecule has 0 unspecified atom stereocenters. The molecular formula is C19H22N4O4. The first-order valence-electron chi connectivity index (χ1n) is 9.28. The lowest BCUT2D eigenvalue weighted by molar-refractivity contribution is -0.124. The number of nitrogens with one attached hydrogen (secondary N) is 1. The van der Waals surface area contributed by atoms with Crippen LogP contribution >= 0.6 is 0 Å². The summed E-state index contributed by atoms with van der Waals surface area (Å²) < 4.78 is 11.8. The van der Waals surface area contributed by atoms with Gasteiger partial charge in [0.1, 0.15) is 5.54 Å². The van der Waals surface area contributed by atoms with Gasteiger partial charge in [0.25, 0.3) is 0 Å². The number of oxazole rings is 1. The maximum Gasteiger partial charge on any atom is 0.419 e. The topological polar surface area (TPSA) is 103 Å². The van der Waals surface area contributed by atoms with E-state index in [9.17, 15) is 9.59 Å². The highest BCUT2D eigenvalue weighted by atomic mass is 16.5. The molecular weight excluding hydrogens is 348 g/mol. The third-order valence-electron chi connectivity index (χ3n) is 5.18. The first-order chi connectivity index (χ1) is 13.1. The zero-order valence-corrected chi connectivity index (χ0v) is 15.2. The van der Waals surface area contributed by atoms with Crippen LogP contribution in [0.3, 0.4) is 0 Å². The van der Waals surface area contributed by atoms with Crippen molar-refractivity contribution in [3.8, 4) is 0 Å². The molecule has 4 rings (SSSR count). The molecule has 2 aromatic heterocycles. The second kappa shape index (κ2) is 7.02. The first kappa shape index (κ1) is 17.5. The normalized spacial score (nSPS) is 16.5. The van der Waals surface area contributed by atoms with Crippen molar-refractivity contribution in [2.45, 2.75) is 57.5 Å². The Morgan fingerprint density at radius 1 is 1.26 bits per heavy atom. The van der Waals surface area contributed by atoms with E-state index in [0.29, 0.717) is 22.8 Å². The van der Waals surface area contributed by atoms with Gasteiger partial charge in [0.05, 0.1) is 5.52 Å². The molecule has 8 nitrogen and oxygen atoms in total. The van der Waals surface area contributed by atoms with Gasteiger partial charge in [0, 0.05) is 19.9 Å². The van der Waals surface area contributed by atoms with Crippen molar-refractivity contribution in [2.75, 3.05) is 0 Å². The number of benzene rings is 1. The highest BCUT2D eigenvalue weighted by molar-refractivity contribution is 5.77. The van der Waals surface area contributed by atoms with Gasteiger partial charge in [-0.1, -0.05) is 36.6 Å². The van der Waals surface area contributed by atoms with Crippen LogP contribution in [0, 0.1) is 6.92 Å². The number of amides is 1. The maximum atomic E-state index is 12.7. The summed E-state index contributed by atoms with van der Waals surface area (Å²) >= 11 is 0. The molecule has 1 saturated carbocycles. The fraction of sp³-hybridized carbons (Fsp3) is 0.474. The van der Waals surface area contributed by atoms with Crippen LogP contribution in [0.15, 0.2) is 38.0 Å². The third kappa shape index (κ3) is 3.39. The van der Waals surface area contributed by atoms with Gasteiger partial charge in [-0.25, -0.2) is 4.79 Å². The average molecular weight is 370 g/mol. The Labute approximate surface area is 155 Å². The second-order valence-electron chi connectivity index (χ2n) is 7.07. The largest absolute Gasteiger partial charge is 0.419 e. The fourth-order valence-corrected chi connectivity index (χ4v) is 3.82. The molecule has 0 atom stereocenters. The minimum Gasteiger partial charge on any atom is -0.408 e. The van der Waals surface area contributed by atoms with Crippen molar-refractivity contribution in [1.29, 1.82) is 0 Å². The van der Waals surface area contributed by atoms with Gasteiger partial charge < -0.3 is 14.3 Å². The van der Waals surface area contributed by atoms with E-state index >= 15 is 0 Å². The summed E-state index contributed by atoms with van der Waals surface area (Å²) in [5.74, 6) is 0.432. The summed E-state index contributed by atoms with van der Waals surface area (Å²) in [6.07, 6.45) is 4.87. The number of carbonyl (C=O) groups excluding carboxylic acids is 1. The van der Waals surface area contributed by atoms with Gasteiger partial charge in [-0.2, -0.15) is 4.98 Å². The molecule has 1 amide bonds. The van der Waals surface area contributed by atoms with Crippen molar-refractivity contribution in [3.05, 3.63) is 46.5 Å². The van der Waals surface area contributed by atoms with E-state index in [1.807, 2.05) is 18.2 Å². The Hall–Kier alpha value is -2.90. The Kier molecular flexibility index (Phi) is 4.55. The van der Waals surface area contributed by atoms with E-state index in [2.05, 4.69) is 15.5 Å². The van der Waals surface area contributed by atoms with E-state index in [0.717, 1.165) is 32.1 Å². The summed E-state index contributed by atoms with van der Waals surface area (Å²) in [6, 6.07) is 7.19. The molecule has 1 aliphatic carbocycles. The predicted octanol–water partition coefficient (Wildman–Crippen LogP) is 2.65. The number of carbonyl (C=O) groups is 1. The number of fused-ring (bicyclic) bond motifs is 1. The minimum absolute atomic E-state index is 0.142. The number of nitrogens with zero attached hydrogens (tertiary/aromatic N) is 3. The smallest absolute Gasteiger partial charge is 0.408 e. The van der Waals surface area contributed by atoms with E-state index in [1.54, 1.807) is 13.0 Å². The Balaban J connectivity index is 1.50. The van der Waals surface area contributed by atoms with Gasteiger partial charge in [0.2, 0.25) is 11.8 Å². The molecule has 8 heteroatoms. The standard InChI is InChI=1S/C19H22N4O4/c1-13-20-17(22-27-13)19(10-5-2-6-11-19)21-16(24)9-12-23-14-7-3-4-8-15(14)26-18(23)25/h3-4,7-8H,2,5-6,9-12H2,1H3,(H,21,24). The van der Waals surface area contributed by atoms with Gasteiger partial charge in [-0.05, 0) is 25.0 Å². The van der Waals surface area contributed by atoms with Crippen molar-refractivity contribution in [2.24, 2.45) is 0 Å². The number of aromatic nitrogens is 3. The molecule has 1 fully saturated rings. The molecule has 1 N–H and O–H groups in total. The van der Waals surface area contributed by atoms with E-state index < -0.39 is 11.3 Å². The van der Waals surface area contributed by atoms with Crippen LogP contribution in [0.1, 0.15) is 50.2 Å². The van der Waals surface area contributed by atoms with Crippen LogP contribution in [0.5, 0.6) is 0 Å². The van der Waals surface area contributed by atoms with E-state index in [4.69, 9.17) is 8.94 Å². The predicted molar refractivity (Wildman–Crippen MR) is 97.0 cm³/mol. The van der Waals surface area contributed by atoms with Gasteiger partial charge in [-0.3, -0.25) is 9.36 Å². The molecule has 142 valence electrons. The summed E-state index contributed by atoms with van der Waals surface area (Å²) in [4.78, 5) is 29.1. The van der Waals surface area contributed by atoms with Gasteiger partial charge in [-0.15, -0.1) is 0 Å². The number of rotatable bonds is 5. The molecule has 0 aliphatic heterocycles. The van der Waals surface area contributed by atoms with E-state index in [1.165, 1.54) is 4.57 Å². The fourth-order valence-electron chi connectivity index (χ4n) is 3.82. The lowest BCUT2D eigenvalue weighted by atomic mass is 9.81. The molecule has 0 saturated heterocycles. The zero-order valence-electron chi connectivity index (χ0n) is 15.2. The zero-order chi connectivity index (χ0) is 18.9. The Bertz CT molecular complexity index is 1010.